The number of hydrogen-bond acceptors (Lipinski definition) is 5. The molecule has 0 aromatic rings. The third kappa shape index (κ3) is 37.9. The fourth-order valence-corrected chi connectivity index (χ4v) is 5.15. The third-order valence-electron chi connectivity index (χ3n) is 8.17. The molecule has 5 nitrogen and oxygen atoms in total. The van der Waals surface area contributed by atoms with Crippen molar-refractivity contribution in [1.29, 1.82) is 0 Å². The molecule has 0 spiro atoms. The van der Waals surface area contributed by atoms with Crippen molar-refractivity contribution in [3.63, 3.8) is 0 Å². The molecular weight excluding hydrogens is 620 g/mol. The van der Waals surface area contributed by atoms with Gasteiger partial charge < -0.3 is 14.6 Å². The van der Waals surface area contributed by atoms with Gasteiger partial charge in [-0.2, -0.15) is 0 Å². The summed E-state index contributed by atoms with van der Waals surface area (Å²) in [4.78, 5) is 24.3. The number of esters is 2. The van der Waals surface area contributed by atoms with E-state index >= 15 is 0 Å². The molecule has 5 heteroatoms. The van der Waals surface area contributed by atoms with E-state index in [9.17, 15) is 14.7 Å². The van der Waals surface area contributed by atoms with Crippen molar-refractivity contribution in [1.82, 2.24) is 0 Å². The van der Waals surface area contributed by atoms with Crippen LogP contribution in [-0.4, -0.2) is 36.4 Å². The topological polar surface area (TPSA) is 72.8 Å². The van der Waals surface area contributed by atoms with E-state index in [1.807, 2.05) is 0 Å². The van der Waals surface area contributed by atoms with Crippen LogP contribution >= 0.6 is 0 Å². The first-order valence-corrected chi connectivity index (χ1v) is 20.1. The molecule has 0 heterocycles. The first-order valence-electron chi connectivity index (χ1n) is 20.1. The third-order valence-corrected chi connectivity index (χ3v) is 8.17. The van der Waals surface area contributed by atoms with Gasteiger partial charge in [-0.3, -0.25) is 9.59 Å². The molecule has 0 saturated carbocycles. The molecule has 1 N–H and O–H groups in total. The predicted molar refractivity (Wildman–Crippen MR) is 214 cm³/mol. The van der Waals surface area contributed by atoms with Gasteiger partial charge in [0, 0.05) is 12.8 Å². The van der Waals surface area contributed by atoms with Crippen molar-refractivity contribution in [2.45, 2.75) is 174 Å². The molecule has 0 aromatic heterocycles. The summed E-state index contributed by atoms with van der Waals surface area (Å²) >= 11 is 0. The smallest absolute Gasteiger partial charge is 0.306 e. The van der Waals surface area contributed by atoms with Crippen molar-refractivity contribution in [3.8, 4) is 0 Å². The van der Waals surface area contributed by atoms with Gasteiger partial charge in [-0.1, -0.05) is 157 Å². The lowest BCUT2D eigenvalue weighted by molar-refractivity contribution is -0.161. The summed E-state index contributed by atoms with van der Waals surface area (Å²) in [7, 11) is 0. The number of ether oxygens (including phenoxy) is 2. The van der Waals surface area contributed by atoms with E-state index in [4.69, 9.17) is 9.47 Å². The maximum Gasteiger partial charge on any atom is 0.306 e. The number of aliphatic hydroxyl groups is 1. The zero-order valence-corrected chi connectivity index (χ0v) is 32.1. The highest BCUT2D eigenvalue weighted by molar-refractivity contribution is 5.70. The highest BCUT2D eigenvalue weighted by Crippen LogP contribution is 2.13. The lowest BCUT2D eigenvalue weighted by atomic mass is 10.1. The zero-order chi connectivity index (χ0) is 36.4. The number of rotatable bonds is 35. The Bertz CT molecular complexity index is 968. The minimum Gasteiger partial charge on any atom is -0.462 e. The normalized spacial score (nSPS) is 13.1. The Morgan fingerprint density at radius 3 is 1.36 bits per heavy atom. The fourth-order valence-electron chi connectivity index (χ4n) is 5.15. The van der Waals surface area contributed by atoms with Crippen LogP contribution in [-0.2, 0) is 19.1 Å². The van der Waals surface area contributed by atoms with E-state index in [2.05, 4.69) is 98.9 Å². The molecule has 50 heavy (non-hydrogen) atoms. The monoisotopic (exact) mass is 695 g/mol. The summed E-state index contributed by atoms with van der Waals surface area (Å²) < 4.78 is 10.6. The van der Waals surface area contributed by atoms with E-state index < -0.39 is 6.10 Å². The molecule has 284 valence electrons. The van der Waals surface area contributed by atoms with Crippen molar-refractivity contribution >= 4 is 11.9 Å². The van der Waals surface area contributed by atoms with E-state index in [0.717, 1.165) is 64.2 Å². The Morgan fingerprint density at radius 2 is 0.880 bits per heavy atom. The van der Waals surface area contributed by atoms with Gasteiger partial charge in [0.15, 0.2) is 6.10 Å². The number of aliphatic hydroxyl groups excluding tert-OH is 1. The summed E-state index contributed by atoms with van der Waals surface area (Å²) in [6.07, 6.45) is 55.0. The van der Waals surface area contributed by atoms with Crippen LogP contribution in [0, 0.1) is 0 Å². The summed E-state index contributed by atoms with van der Waals surface area (Å²) in [6, 6.07) is 0. The minimum atomic E-state index is -0.801. The predicted octanol–water partition coefficient (Wildman–Crippen LogP) is 12.7. The molecule has 0 radical (unpaired) electrons. The second kappa shape index (κ2) is 40.5. The Morgan fingerprint density at radius 1 is 0.480 bits per heavy atom. The first-order chi connectivity index (χ1) is 24.6. The van der Waals surface area contributed by atoms with E-state index in [-0.39, 0.29) is 25.2 Å². The van der Waals surface area contributed by atoms with Crippen molar-refractivity contribution < 1.29 is 24.2 Å². The second-order valence-corrected chi connectivity index (χ2v) is 13.0. The van der Waals surface area contributed by atoms with Gasteiger partial charge in [0.1, 0.15) is 6.61 Å². The molecule has 0 saturated heterocycles. The molecule has 1 atom stereocenters. The van der Waals surface area contributed by atoms with Crippen LogP contribution in [0.2, 0.25) is 0 Å². The average Bonchev–Trinajstić information content (AvgIpc) is 3.12. The highest BCUT2D eigenvalue weighted by Gasteiger charge is 2.16. The lowest BCUT2D eigenvalue weighted by Crippen LogP contribution is -2.28. The van der Waals surface area contributed by atoms with E-state index in [1.165, 1.54) is 70.6 Å². The molecule has 0 aromatic carbocycles. The van der Waals surface area contributed by atoms with Crippen LogP contribution in [0.15, 0.2) is 85.1 Å². The van der Waals surface area contributed by atoms with E-state index in [1.54, 1.807) is 0 Å². The molecule has 0 bridgehead atoms. The van der Waals surface area contributed by atoms with Gasteiger partial charge >= 0.3 is 11.9 Å². The molecule has 0 aliphatic carbocycles. The summed E-state index contributed by atoms with van der Waals surface area (Å²) in [5.41, 5.74) is 0. The van der Waals surface area contributed by atoms with Crippen LogP contribution in [0.25, 0.3) is 0 Å². The van der Waals surface area contributed by atoms with Crippen molar-refractivity contribution in [2.75, 3.05) is 13.2 Å². The SMILES string of the molecule is CCC=CCC=CCC=CCC=CCC=CCCCC(=O)OC[C@H](CO)OC(=O)CCCCCCCCCCCC=CCC=CCCCCC. The number of carbonyl (C=O) groups excluding carboxylic acids is 2. The van der Waals surface area contributed by atoms with Crippen molar-refractivity contribution in [3.05, 3.63) is 85.1 Å². The molecule has 0 rings (SSSR count). The van der Waals surface area contributed by atoms with Gasteiger partial charge in [-0.15, -0.1) is 0 Å². The Labute approximate surface area is 307 Å². The summed E-state index contributed by atoms with van der Waals surface area (Å²) in [5.74, 6) is -0.671. The summed E-state index contributed by atoms with van der Waals surface area (Å²) in [5, 5.41) is 9.56. The van der Waals surface area contributed by atoms with Gasteiger partial charge in [0.2, 0.25) is 0 Å². The molecule has 0 fully saturated rings. The zero-order valence-electron chi connectivity index (χ0n) is 32.1. The average molecular weight is 695 g/mol. The summed E-state index contributed by atoms with van der Waals surface area (Å²) in [6.45, 7) is 3.93. The molecule has 0 aliphatic heterocycles. The second-order valence-electron chi connectivity index (χ2n) is 13.0. The van der Waals surface area contributed by atoms with Crippen LogP contribution in [0.4, 0.5) is 0 Å². The van der Waals surface area contributed by atoms with Crippen LogP contribution in [0.1, 0.15) is 168 Å². The van der Waals surface area contributed by atoms with Gasteiger partial charge in [-0.05, 0) is 83.5 Å². The largest absolute Gasteiger partial charge is 0.462 e. The molecule has 0 unspecified atom stereocenters. The number of allylic oxidation sites excluding steroid dienone is 14. The van der Waals surface area contributed by atoms with Crippen LogP contribution < -0.4 is 0 Å². The highest BCUT2D eigenvalue weighted by atomic mass is 16.6. The number of unbranched alkanes of at least 4 members (excludes halogenated alkanes) is 13. The Balaban J connectivity index is 3.67. The Hall–Kier alpha value is -2.92. The standard InChI is InChI=1S/C45H74O5/c1-3-5-7-9-11-13-15-17-19-21-22-24-26-28-30-32-34-36-38-40-45(48)50-43(41-46)42-49-44(47)39-37-35-33-31-29-27-25-23-20-18-16-14-12-10-8-6-4-2/h6,8,11-14,17-20,25,27,31,33,43,46H,3-5,7,9-10,15-16,21-24,26,28-30,32,34-42H2,1-2H3/t43-/m0/s1. The van der Waals surface area contributed by atoms with Crippen molar-refractivity contribution in [2.24, 2.45) is 0 Å². The quantitative estimate of drug-likeness (QED) is 0.0406. The molecular formula is C45H74O5. The van der Waals surface area contributed by atoms with Gasteiger partial charge in [0.25, 0.3) is 0 Å². The van der Waals surface area contributed by atoms with Crippen LogP contribution in [0.3, 0.4) is 0 Å². The van der Waals surface area contributed by atoms with Crippen LogP contribution in [0.5, 0.6) is 0 Å². The first kappa shape index (κ1) is 47.1. The van der Waals surface area contributed by atoms with E-state index in [0.29, 0.717) is 19.3 Å². The lowest BCUT2D eigenvalue weighted by Gasteiger charge is -2.15. The fraction of sp³-hybridized carbons (Fsp3) is 0.644. The van der Waals surface area contributed by atoms with Gasteiger partial charge in [-0.25, -0.2) is 0 Å². The maximum atomic E-state index is 12.2. The van der Waals surface area contributed by atoms with Gasteiger partial charge in [0.05, 0.1) is 6.61 Å². The molecule has 0 aliphatic rings. The maximum absolute atomic E-state index is 12.2. The number of carbonyl (C=O) groups is 2. The minimum absolute atomic E-state index is 0.102. The number of hydrogen-bond donors (Lipinski definition) is 1. The Kier molecular flexibility index (Phi) is 38.1. The molecule has 0 amide bonds.